The first-order valence-electron chi connectivity index (χ1n) is 2.86. The van der Waals surface area contributed by atoms with Crippen LogP contribution >= 0.6 is 0 Å². The summed E-state index contributed by atoms with van der Waals surface area (Å²) < 4.78 is 31.6. The Morgan fingerprint density at radius 1 is 1.54 bits per heavy atom. The molecule has 0 saturated heterocycles. The third-order valence-electron chi connectivity index (χ3n) is 0.458. The van der Waals surface area contributed by atoms with Gasteiger partial charge in [-0.15, -0.1) is 6.58 Å². The molecule has 0 aliphatic carbocycles. The van der Waals surface area contributed by atoms with Crippen molar-refractivity contribution in [1.29, 1.82) is 0 Å². The second-order valence-corrected chi connectivity index (χ2v) is 2.50. The summed E-state index contributed by atoms with van der Waals surface area (Å²) >= 11 is 0. The Kier molecular flexibility index (Phi) is 8.28. The molecule has 0 heterocycles. The minimum absolute atomic E-state index is 0.517. The predicted molar refractivity (Wildman–Crippen MR) is 45.1 cm³/mol. The van der Waals surface area contributed by atoms with Crippen LogP contribution in [0.2, 0.25) is 0 Å². The molecule has 0 rings (SSSR count). The smallest absolute Gasteiger partial charge is 0.351 e. The number of hydrogen-bond donors (Lipinski definition) is 5. The Hall–Kier alpha value is -1.16. The summed E-state index contributed by atoms with van der Waals surface area (Å²) in [4.78, 5) is 9.89. The fraction of sp³-hybridized carbons (Fsp3) is 0.250. The van der Waals surface area contributed by atoms with Gasteiger partial charge in [0, 0.05) is 6.54 Å². The number of carbonyl (C=O) groups excluding carboxylic acids is 1. The lowest BCUT2D eigenvalue weighted by molar-refractivity contribution is 0.245. The number of rotatable bonds is 3. The molecule has 0 fully saturated rings. The molecule has 13 heavy (non-hydrogen) atoms. The standard InChI is InChI=1S/C4H9N3O.H2O4S/c1-2-3-6-7-4(5)8;1-5(2,3)4/h2,6H,1,3H2,(H3,5,7,8);(H2,1,2,3,4). The Morgan fingerprint density at radius 2 is 1.92 bits per heavy atom. The van der Waals surface area contributed by atoms with Crippen molar-refractivity contribution in [2.45, 2.75) is 0 Å². The fourth-order valence-electron chi connectivity index (χ4n) is 0.210. The van der Waals surface area contributed by atoms with Crippen LogP contribution in [0.4, 0.5) is 4.79 Å². The molecule has 0 aliphatic heterocycles. The molecule has 0 radical (unpaired) electrons. The summed E-state index contributed by atoms with van der Waals surface area (Å²) in [7, 11) is -4.67. The summed E-state index contributed by atoms with van der Waals surface area (Å²) in [6.07, 6.45) is 1.61. The van der Waals surface area contributed by atoms with Gasteiger partial charge in [-0.2, -0.15) is 8.42 Å². The van der Waals surface area contributed by atoms with Crippen LogP contribution in [-0.2, 0) is 10.4 Å². The Balaban J connectivity index is 0. The van der Waals surface area contributed by atoms with Gasteiger partial charge >= 0.3 is 16.4 Å². The molecule has 0 aromatic carbocycles. The van der Waals surface area contributed by atoms with Crippen LogP contribution in [0, 0.1) is 0 Å². The molecular weight excluding hydrogens is 202 g/mol. The van der Waals surface area contributed by atoms with Crippen LogP contribution < -0.4 is 16.6 Å². The molecule has 8 nitrogen and oxygen atoms in total. The Labute approximate surface area is 75.4 Å². The maximum absolute atomic E-state index is 9.89. The Bertz CT molecular complexity index is 241. The fourth-order valence-corrected chi connectivity index (χ4v) is 0.210. The van der Waals surface area contributed by atoms with Crippen molar-refractivity contribution < 1.29 is 22.3 Å². The normalized spacial score (nSPS) is 9.38. The van der Waals surface area contributed by atoms with Gasteiger partial charge in [-0.1, -0.05) is 6.08 Å². The average Bonchev–Trinajstić information content (AvgIpc) is 1.83. The third-order valence-corrected chi connectivity index (χ3v) is 0.458. The van der Waals surface area contributed by atoms with E-state index in [4.69, 9.17) is 17.5 Å². The predicted octanol–water partition coefficient (Wildman–Crippen LogP) is -1.31. The molecule has 0 aromatic heterocycles. The summed E-state index contributed by atoms with van der Waals surface area (Å²) in [5.74, 6) is 0. The highest BCUT2D eigenvalue weighted by molar-refractivity contribution is 7.79. The SMILES string of the molecule is C=CCNNC(N)=O.O=S(=O)(O)O. The first-order chi connectivity index (χ1) is 5.77. The molecule has 78 valence electrons. The summed E-state index contributed by atoms with van der Waals surface area (Å²) in [6.45, 7) is 3.92. The first-order valence-corrected chi connectivity index (χ1v) is 4.26. The molecule has 0 aliphatic rings. The highest BCUT2D eigenvalue weighted by Crippen LogP contribution is 1.59. The van der Waals surface area contributed by atoms with Gasteiger partial charge in [-0.25, -0.2) is 10.2 Å². The van der Waals surface area contributed by atoms with E-state index in [1.54, 1.807) is 6.08 Å². The van der Waals surface area contributed by atoms with Crippen molar-refractivity contribution in [3.8, 4) is 0 Å². The lowest BCUT2D eigenvalue weighted by Crippen LogP contribution is -2.40. The topological polar surface area (TPSA) is 142 Å². The van der Waals surface area contributed by atoms with E-state index < -0.39 is 16.4 Å². The first kappa shape index (κ1) is 14.4. The maximum atomic E-state index is 9.89. The highest BCUT2D eigenvalue weighted by Gasteiger charge is 1.84. The van der Waals surface area contributed by atoms with Gasteiger partial charge in [0.25, 0.3) is 0 Å². The van der Waals surface area contributed by atoms with Crippen LogP contribution in [0.15, 0.2) is 12.7 Å². The molecule has 0 spiro atoms. The molecule has 9 heteroatoms. The van der Waals surface area contributed by atoms with Gasteiger partial charge in [0.2, 0.25) is 0 Å². The van der Waals surface area contributed by atoms with Crippen molar-refractivity contribution in [2.24, 2.45) is 5.73 Å². The van der Waals surface area contributed by atoms with Crippen LogP contribution in [0.5, 0.6) is 0 Å². The van der Waals surface area contributed by atoms with Crippen molar-refractivity contribution in [2.75, 3.05) is 6.54 Å². The minimum atomic E-state index is -4.67. The van der Waals surface area contributed by atoms with E-state index in [0.717, 1.165) is 0 Å². The largest absolute Gasteiger partial charge is 0.394 e. The third kappa shape index (κ3) is 57.4. The van der Waals surface area contributed by atoms with Gasteiger partial charge in [0.1, 0.15) is 0 Å². The van der Waals surface area contributed by atoms with Crippen LogP contribution in [-0.4, -0.2) is 30.1 Å². The molecule has 6 N–H and O–H groups in total. The molecular formula is C4H11N3O5S. The quantitative estimate of drug-likeness (QED) is 0.170. The summed E-state index contributed by atoms with van der Waals surface area (Å²) in [6, 6.07) is -0.591. The molecule has 0 bridgehead atoms. The van der Waals surface area contributed by atoms with Gasteiger partial charge < -0.3 is 5.73 Å². The molecule has 0 saturated carbocycles. The van der Waals surface area contributed by atoms with Gasteiger partial charge in [0.15, 0.2) is 0 Å². The van der Waals surface area contributed by atoms with Crippen LogP contribution in [0.25, 0.3) is 0 Å². The summed E-state index contributed by atoms with van der Waals surface area (Å²) in [5.41, 5.74) is 9.34. The second-order valence-electron chi connectivity index (χ2n) is 1.61. The van der Waals surface area contributed by atoms with Crippen molar-refractivity contribution in [3.05, 3.63) is 12.7 Å². The molecule has 0 unspecified atom stereocenters. The zero-order valence-corrected chi connectivity index (χ0v) is 7.41. The molecule has 2 amide bonds. The van der Waals surface area contributed by atoms with Gasteiger partial charge in [-0.05, 0) is 0 Å². The van der Waals surface area contributed by atoms with E-state index in [-0.39, 0.29) is 0 Å². The maximum Gasteiger partial charge on any atom is 0.394 e. The van der Waals surface area contributed by atoms with E-state index in [9.17, 15) is 4.79 Å². The molecule has 0 atom stereocenters. The van der Waals surface area contributed by atoms with Gasteiger partial charge in [0.05, 0.1) is 0 Å². The number of nitrogens with one attached hydrogen (secondary N) is 2. The number of hydrogen-bond acceptors (Lipinski definition) is 4. The number of primary amides is 1. The number of urea groups is 1. The van der Waals surface area contributed by atoms with E-state index >= 15 is 0 Å². The van der Waals surface area contributed by atoms with Crippen molar-refractivity contribution in [3.63, 3.8) is 0 Å². The molecule has 0 aromatic rings. The zero-order valence-electron chi connectivity index (χ0n) is 6.60. The number of hydrazine groups is 1. The Morgan fingerprint density at radius 3 is 2.15 bits per heavy atom. The van der Waals surface area contributed by atoms with Crippen LogP contribution in [0.3, 0.4) is 0 Å². The van der Waals surface area contributed by atoms with Crippen molar-refractivity contribution >= 4 is 16.4 Å². The van der Waals surface area contributed by atoms with E-state index in [1.807, 2.05) is 0 Å². The summed E-state index contributed by atoms with van der Waals surface area (Å²) in [5, 5.41) is 0. The van der Waals surface area contributed by atoms with Crippen molar-refractivity contribution in [1.82, 2.24) is 10.9 Å². The number of carbonyl (C=O) groups is 1. The average molecular weight is 213 g/mol. The monoisotopic (exact) mass is 213 g/mol. The van der Waals surface area contributed by atoms with E-state index in [0.29, 0.717) is 6.54 Å². The van der Waals surface area contributed by atoms with Gasteiger partial charge in [-0.3, -0.25) is 14.5 Å². The van der Waals surface area contributed by atoms with E-state index in [1.165, 1.54) is 0 Å². The number of nitrogens with two attached hydrogens (primary N) is 1. The lowest BCUT2D eigenvalue weighted by Gasteiger charge is -1.97. The van der Waals surface area contributed by atoms with Crippen LogP contribution in [0.1, 0.15) is 0 Å². The zero-order chi connectivity index (χ0) is 10.9. The highest BCUT2D eigenvalue weighted by atomic mass is 32.3. The minimum Gasteiger partial charge on any atom is -0.351 e. The second kappa shape index (κ2) is 7.49. The lowest BCUT2D eigenvalue weighted by atomic mass is 10.7. The number of amides is 2. The van der Waals surface area contributed by atoms with E-state index in [2.05, 4.69) is 23.2 Å².